The van der Waals surface area contributed by atoms with Crippen LogP contribution in [-0.4, -0.2) is 4.98 Å². The van der Waals surface area contributed by atoms with E-state index in [0.717, 1.165) is 52.2 Å². The predicted molar refractivity (Wildman–Crippen MR) is 89.6 cm³/mol. The molecule has 0 aliphatic heterocycles. The van der Waals surface area contributed by atoms with Gasteiger partial charge in [0.1, 0.15) is 12.4 Å². The van der Waals surface area contributed by atoms with Crippen molar-refractivity contribution < 1.29 is 4.74 Å². The highest BCUT2D eigenvalue weighted by Crippen LogP contribution is 2.35. The zero-order valence-electron chi connectivity index (χ0n) is 12.2. The smallest absolute Gasteiger partial charge is 0.120 e. The molecule has 0 spiro atoms. The molecular formula is C19H16ClNO. The van der Waals surface area contributed by atoms with Gasteiger partial charge in [0.15, 0.2) is 0 Å². The predicted octanol–water partition coefficient (Wildman–Crippen LogP) is 4.96. The first kappa shape index (κ1) is 13.6. The number of pyridine rings is 1. The van der Waals surface area contributed by atoms with Gasteiger partial charge in [-0.1, -0.05) is 41.9 Å². The fourth-order valence-corrected chi connectivity index (χ4v) is 3.37. The van der Waals surface area contributed by atoms with Gasteiger partial charge in [-0.3, -0.25) is 4.98 Å². The number of hydrogen-bond acceptors (Lipinski definition) is 2. The van der Waals surface area contributed by atoms with Crippen LogP contribution in [0.2, 0.25) is 5.02 Å². The van der Waals surface area contributed by atoms with Crippen LogP contribution in [0, 0.1) is 0 Å². The minimum absolute atomic E-state index is 0.558. The van der Waals surface area contributed by atoms with E-state index in [0.29, 0.717) is 6.61 Å². The van der Waals surface area contributed by atoms with Crippen molar-refractivity contribution in [2.24, 2.45) is 0 Å². The maximum absolute atomic E-state index is 6.58. The lowest BCUT2D eigenvalue weighted by atomic mass is 10.1. The van der Waals surface area contributed by atoms with E-state index >= 15 is 0 Å². The first-order chi connectivity index (χ1) is 10.8. The summed E-state index contributed by atoms with van der Waals surface area (Å²) in [4.78, 5) is 4.74. The normalized spacial score (nSPS) is 13.3. The van der Waals surface area contributed by atoms with E-state index in [4.69, 9.17) is 21.3 Å². The molecule has 0 N–H and O–H groups in total. The Bertz CT molecular complexity index is 830. The van der Waals surface area contributed by atoms with Gasteiger partial charge in [0.25, 0.3) is 0 Å². The highest BCUT2D eigenvalue weighted by Gasteiger charge is 2.18. The molecule has 2 aromatic carbocycles. The van der Waals surface area contributed by atoms with E-state index in [2.05, 4.69) is 12.1 Å². The molecule has 110 valence electrons. The van der Waals surface area contributed by atoms with E-state index < -0.39 is 0 Å². The van der Waals surface area contributed by atoms with Crippen LogP contribution >= 0.6 is 11.6 Å². The third kappa shape index (κ3) is 2.44. The van der Waals surface area contributed by atoms with Gasteiger partial charge >= 0.3 is 0 Å². The number of rotatable bonds is 3. The van der Waals surface area contributed by atoms with Crippen LogP contribution in [0.25, 0.3) is 10.9 Å². The average Bonchev–Trinajstić information content (AvgIpc) is 3.03. The van der Waals surface area contributed by atoms with Crippen molar-refractivity contribution in [3.63, 3.8) is 0 Å². The first-order valence-corrected chi connectivity index (χ1v) is 7.97. The summed E-state index contributed by atoms with van der Waals surface area (Å²) in [5.41, 5.74) is 4.49. The Morgan fingerprint density at radius 3 is 2.77 bits per heavy atom. The van der Waals surface area contributed by atoms with Crippen molar-refractivity contribution in [3.05, 3.63) is 70.4 Å². The van der Waals surface area contributed by atoms with Crippen LogP contribution in [0.3, 0.4) is 0 Å². The third-order valence-electron chi connectivity index (χ3n) is 4.16. The Labute approximate surface area is 134 Å². The summed E-state index contributed by atoms with van der Waals surface area (Å²) in [5, 5.41) is 1.84. The largest absolute Gasteiger partial charge is 0.489 e. The maximum Gasteiger partial charge on any atom is 0.120 e. The number of benzene rings is 2. The van der Waals surface area contributed by atoms with Gasteiger partial charge in [-0.2, -0.15) is 0 Å². The Morgan fingerprint density at radius 1 is 1.05 bits per heavy atom. The molecule has 0 bridgehead atoms. The van der Waals surface area contributed by atoms with Crippen molar-refractivity contribution in [2.75, 3.05) is 0 Å². The van der Waals surface area contributed by atoms with Crippen molar-refractivity contribution >= 4 is 22.5 Å². The Kier molecular flexibility index (Phi) is 3.47. The number of halogens is 1. The van der Waals surface area contributed by atoms with Crippen LogP contribution in [0.4, 0.5) is 0 Å². The number of ether oxygens (including phenoxy) is 1. The molecule has 3 heteroatoms. The van der Waals surface area contributed by atoms with Crippen molar-refractivity contribution in [1.29, 1.82) is 0 Å². The van der Waals surface area contributed by atoms with Gasteiger partial charge in [-0.05, 0) is 48.6 Å². The van der Waals surface area contributed by atoms with Crippen molar-refractivity contribution in [2.45, 2.75) is 25.9 Å². The molecule has 1 heterocycles. The molecule has 0 fully saturated rings. The summed E-state index contributed by atoms with van der Waals surface area (Å²) in [6.45, 7) is 0.558. The highest BCUT2D eigenvalue weighted by molar-refractivity contribution is 6.36. The van der Waals surface area contributed by atoms with Gasteiger partial charge in [0.2, 0.25) is 0 Å². The molecule has 0 saturated heterocycles. The van der Waals surface area contributed by atoms with E-state index in [1.54, 1.807) is 0 Å². The summed E-state index contributed by atoms with van der Waals surface area (Å²) in [7, 11) is 0. The Hall–Kier alpha value is -2.06. The molecule has 0 atom stereocenters. The molecule has 0 amide bonds. The van der Waals surface area contributed by atoms with Gasteiger partial charge in [0.05, 0.1) is 10.5 Å². The summed E-state index contributed by atoms with van der Waals surface area (Å²) in [6, 6.07) is 16.1. The lowest BCUT2D eigenvalue weighted by Crippen LogP contribution is -1.96. The zero-order chi connectivity index (χ0) is 14.9. The van der Waals surface area contributed by atoms with E-state index in [-0.39, 0.29) is 0 Å². The Balaban J connectivity index is 1.66. The zero-order valence-corrected chi connectivity index (χ0v) is 12.9. The monoisotopic (exact) mass is 309 g/mol. The van der Waals surface area contributed by atoms with E-state index in [1.807, 2.05) is 36.4 Å². The van der Waals surface area contributed by atoms with Crippen LogP contribution < -0.4 is 4.74 Å². The van der Waals surface area contributed by atoms with Crippen LogP contribution in [-0.2, 0) is 19.4 Å². The fraction of sp³-hybridized carbons (Fsp3) is 0.211. The number of aromatic nitrogens is 1. The maximum atomic E-state index is 6.58. The fourth-order valence-electron chi connectivity index (χ4n) is 3.01. The molecule has 2 nitrogen and oxygen atoms in total. The van der Waals surface area contributed by atoms with Crippen molar-refractivity contribution in [1.82, 2.24) is 4.98 Å². The molecule has 4 rings (SSSR count). The molecule has 1 aromatic heterocycles. The molecule has 0 unspecified atom stereocenters. The van der Waals surface area contributed by atoms with Gasteiger partial charge in [-0.15, -0.1) is 0 Å². The summed E-state index contributed by atoms with van der Waals surface area (Å²) < 4.78 is 5.89. The van der Waals surface area contributed by atoms with Crippen LogP contribution in [0.5, 0.6) is 5.75 Å². The van der Waals surface area contributed by atoms with E-state index in [1.165, 1.54) is 5.56 Å². The van der Waals surface area contributed by atoms with Crippen molar-refractivity contribution in [3.8, 4) is 5.75 Å². The minimum Gasteiger partial charge on any atom is -0.489 e. The van der Waals surface area contributed by atoms with Gasteiger partial charge in [0, 0.05) is 11.1 Å². The quantitative estimate of drug-likeness (QED) is 0.682. The topological polar surface area (TPSA) is 22.1 Å². The lowest BCUT2D eigenvalue weighted by molar-refractivity contribution is 0.306. The minimum atomic E-state index is 0.558. The third-order valence-corrected chi connectivity index (χ3v) is 4.59. The molecule has 1 aliphatic rings. The molecule has 0 radical (unpaired) electrons. The Morgan fingerprint density at radius 2 is 1.91 bits per heavy atom. The number of nitrogens with zero attached hydrogens (tertiary/aromatic N) is 1. The molecule has 0 saturated carbocycles. The summed E-state index contributed by atoms with van der Waals surface area (Å²) >= 11 is 6.58. The second-order valence-electron chi connectivity index (χ2n) is 5.66. The molecule has 22 heavy (non-hydrogen) atoms. The standard InChI is InChI=1S/C19H16ClNO/c20-19-15-7-4-8-17(15)21-18-10-9-14(11-16(18)19)22-12-13-5-2-1-3-6-13/h1-3,5-6,9-11H,4,7-8,12H2. The number of hydrogen-bond donors (Lipinski definition) is 0. The van der Waals surface area contributed by atoms with E-state index in [9.17, 15) is 0 Å². The number of aryl methyl sites for hydroxylation is 1. The van der Waals surface area contributed by atoms with Crippen LogP contribution in [0.1, 0.15) is 23.2 Å². The summed E-state index contributed by atoms with van der Waals surface area (Å²) in [6.07, 6.45) is 3.22. The van der Waals surface area contributed by atoms with Crippen LogP contribution in [0.15, 0.2) is 48.5 Å². The first-order valence-electron chi connectivity index (χ1n) is 7.59. The lowest BCUT2D eigenvalue weighted by Gasteiger charge is -2.10. The van der Waals surface area contributed by atoms with Gasteiger partial charge in [-0.25, -0.2) is 0 Å². The SMILES string of the molecule is Clc1c2c(nc3ccc(OCc4ccccc4)cc13)CCC2. The highest BCUT2D eigenvalue weighted by atomic mass is 35.5. The number of fused-ring (bicyclic) bond motifs is 2. The van der Waals surface area contributed by atoms with Gasteiger partial charge < -0.3 is 4.74 Å². The second-order valence-corrected chi connectivity index (χ2v) is 6.04. The molecular weight excluding hydrogens is 294 g/mol. The molecule has 3 aromatic rings. The average molecular weight is 310 g/mol. The second kappa shape index (κ2) is 5.62. The summed E-state index contributed by atoms with van der Waals surface area (Å²) in [5.74, 6) is 0.831. The molecule has 1 aliphatic carbocycles.